The van der Waals surface area contributed by atoms with Gasteiger partial charge < -0.3 is 5.21 Å². The van der Waals surface area contributed by atoms with Crippen LogP contribution in [-0.4, -0.2) is 11.0 Å². The first kappa shape index (κ1) is 12.7. The lowest BCUT2D eigenvalue weighted by molar-refractivity contribution is -0.355. The Morgan fingerprint density at radius 3 is 2.50 bits per heavy atom. The smallest absolute Gasteiger partial charge is 0.219 e. The Balaban J connectivity index is 2.45. The van der Waals surface area contributed by atoms with Gasteiger partial charge in [-0.3, -0.25) is 0 Å². The molecule has 3 heteroatoms. The lowest BCUT2D eigenvalue weighted by atomic mass is 10.1. The third-order valence-corrected chi connectivity index (χ3v) is 3.33. The molecular formula is C15H14ClNO. The molecule has 0 aliphatic carbocycles. The number of rotatable bonds is 2. The predicted octanol–water partition coefficient (Wildman–Crippen LogP) is 4.22. The first-order chi connectivity index (χ1) is 8.59. The summed E-state index contributed by atoms with van der Waals surface area (Å²) in [6, 6.07) is 13.0. The summed E-state index contributed by atoms with van der Waals surface area (Å²) in [6.07, 6.45) is 1.56. The Hall–Kier alpha value is -1.80. The molecule has 0 bridgehead atoms. The van der Waals surface area contributed by atoms with Gasteiger partial charge in [-0.25, -0.2) is 0 Å². The van der Waals surface area contributed by atoms with Gasteiger partial charge in [0.05, 0.1) is 0 Å². The van der Waals surface area contributed by atoms with Crippen molar-refractivity contribution in [2.75, 3.05) is 0 Å². The largest absolute Gasteiger partial charge is 0.618 e. The van der Waals surface area contributed by atoms with Gasteiger partial charge in [-0.1, -0.05) is 35.9 Å². The van der Waals surface area contributed by atoms with Crippen LogP contribution in [0.4, 0.5) is 5.69 Å². The molecule has 2 aromatic carbocycles. The molecule has 18 heavy (non-hydrogen) atoms. The van der Waals surface area contributed by atoms with E-state index in [1.54, 1.807) is 12.3 Å². The van der Waals surface area contributed by atoms with Crippen LogP contribution in [0.2, 0.25) is 5.02 Å². The molecule has 0 aliphatic rings. The van der Waals surface area contributed by atoms with Gasteiger partial charge in [0.1, 0.15) is 0 Å². The molecule has 0 aliphatic heterocycles. The molecule has 92 valence electrons. The first-order valence-corrected chi connectivity index (χ1v) is 6.09. The van der Waals surface area contributed by atoms with Crippen LogP contribution < -0.4 is 0 Å². The van der Waals surface area contributed by atoms with E-state index in [-0.39, 0.29) is 0 Å². The molecule has 0 saturated heterocycles. The van der Waals surface area contributed by atoms with Crippen molar-refractivity contribution in [3.63, 3.8) is 0 Å². The minimum Gasteiger partial charge on any atom is -0.618 e. The van der Waals surface area contributed by atoms with Crippen LogP contribution in [0.1, 0.15) is 16.7 Å². The van der Waals surface area contributed by atoms with Gasteiger partial charge in [0.25, 0.3) is 0 Å². The minimum absolute atomic E-state index is 0.650. The SMILES string of the molecule is Cc1ccccc1[N+]([O-])=Cc1cccc(Cl)c1C. The molecule has 0 saturated carbocycles. The van der Waals surface area contributed by atoms with Gasteiger partial charge in [-0.2, -0.15) is 4.74 Å². The predicted molar refractivity (Wildman–Crippen MR) is 75.8 cm³/mol. The molecule has 0 N–H and O–H groups in total. The third-order valence-electron chi connectivity index (χ3n) is 2.92. The Bertz CT molecular complexity index is 605. The van der Waals surface area contributed by atoms with E-state index in [1.807, 2.05) is 50.2 Å². The second-order valence-corrected chi connectivity index (χ2v) is 4.60. The summed E-state index contributed by atoms with van der Waals surface area (Å²) in [5.41, 5.74) is 3.34. The zero-order chi connectivity index (χ0) is 13.1. The molecular weight excluding hydrogens is 246 g/mol. The van der Waals surface area contributed by atoms with Gasteiger partial charge in [-0.15, -0.1) is 0 Å². The summed E-state index contributed by atoms with van der Waals surface area (Å²) in [5, 5.41) is 12.8. The van der Waals surface area contributed by atoms with E-state index in [0.717, 1.165) is 21.4 Å². The fourth-order valence-electron chi connectivity index (χ4n) is 1.77. The lowest BCUT2D eigenvalue weighted by Gasteiger charge is -2.07. The third kappa shape index (κ3) is 2.54. The summed E-state index contributed by atoms with van der Waals surface area (Å²) in [6.45, 7) is 3.82. The maximum Gasteiger partial charge on any atom is 0.219 e. The van der Waals surface area contributed by atoms with Crippen molar-refractivity contribution in [2.24, 2.45) is 0 Å². The molecule has 2 aromatic rings. The van der Waals surface area contributed by atoms with E-state index < -0.39 is 0 Å². The summed E-state index contributed by atoms with van der Waals surface area (Å²) in [4.78, 5) is 0. The normalized spacial score (nSPS) is 11.6. The average molecular weight is 260 g/mol. The number of para-hydroxylation sites is 1. The van der Waals surface area contributed by atoms with Crippen LogP contribution in [-0.2, 0) is 0 Å². The molecule has 0 radical (unpaired) electrons. The van der Waals surface area contributed by atoms with E-state index in [9.17, 15) is 5.21 Å². The molecule has 0 heterocycles. The molecule has 2 rings (SSSR count). The van der Waals surface area contributed by atoms with E-state index >= 15 is 0 Å². The van der Waals surface area contributed by atoms with E-state index in [0.29, 0.717) is 10.7 Å². The van der Waals surface area contributed by atoms with Crippen LogP contribution in [0.5, 0.6) is 0 Å². The molecule has 0 atom stereocenters. The summed E-state index contributed by atoms with van der Waals surface area (Å²) < 4.78 is 0.883. The van der Waals surface area contributed by atoms with E-state index in [1.165, 1.54) is 0 Å². The summed E-state index contributed by atoms with van der Waals surface area (Å²) in [5.74, 6) is 0. The lowest BCUT2D eigenvalue weighted by Crippen LogP contribution is -2.02. The zero-order valence-corrected chi connectivity index (χ0v) is 11.1. The fourth-order valence-corrected chi connectivity index (χ4v) is 1.95. The topological polar surface area (TPSA) is 26.1 Å². The molecule has 2 nitrogen and oxygen atoms in total. The molecule has 0 spiro atoms. The van der Waals surface area contributed by atoms with Gasteiger partial charge in [0.2, 0.25) is 5.69 Å². The second-order valence-electron chi connectivity index (χ2n) is 4.20. The number of nitrogens with zero attached hydrogens (tertiary/aromatic N) is 1. The summed E-state index contributed by atoms with van der Waals surface area (Å²) in [7, 11) is 0. The van der Waals surface area contributed by atoms with Crippen LogP contribution in [0, 0.1) is 19.1 Å². The second kappa shape index (κ2) is 5.23. The van der Waals surface area contributed by atoms with Crippen LogP contribution in [0.15, 0.2) is 42.5 Å². The van der Waals surface area contributed by atoms with Crippen molar-refractivity contribution in [3.05, 3.63) is 69.4 Å². The number of benzene rings is 2. The Morgan fingerprint density at radius 2 is 1.78 bits per heavy atom. The van der Waals surface area contributed by atoms with Crippen LogP contribution >= 0.6 is 11.6 Å². The van der Waals surface area contributed by atoms with Crippen molar-refractivity contribution < 1.29 is 4.74 Å². The average Bonchev–Trinajstić information content (AvgIpc) is 2.35. The highest BCUT2D eigenvalue weighted by Gasteiger charge is 2.07. The maximum absolute atomic E-state index is 12.1. The molecule has 0 amide bonds. The van der Waals surface area contributed by atoms with Crippen LogP contribution in [0.25, 0.3) is 0 Å². The van der Waals surface area contributed by atoms with Crippen molar-refractivity contribution in [2.45, 2.75) is 13.8 Å². The number of hydrogen-bond acceptors (Lipinski definition) is 1. The highest BCUT2D eigenvalue weighted by molar-refractivity contribution is 6.31. The van der Waals surface area contributed by atoms with Crippen molar-refractivity contribution in [3.8, 4) is 0 Å². The Labute approximate surface area is 112 Å². The maximum atomic E-state index is 12.1. The van der Waals surface area contributed by atoms with Crippen molar-refractivity contribution in [1.29, 1.82) is 0 Å². The van der Waals surface area contributed by atoms with Gasteiger partial charge in [-0.05, 0) is 31.5 Å². The molecule has 0 fully saturated rings. The number of hydrogen-bond donors (Lipinski definition) is 0. The standard InChI is InChI=1S/C15H14ClNO/c1-11-6-3-4-9-15(11)17(18)10-13-7-5-8-14(16)12(13)2/h3-10H,1-2H3. The van der Waals surface area contributed by atoms with Crippen molar-refractivity contribution in [1.82, 2.24) is 0 Å². The fraction of sp³-hybridized carbons (Fsp3) is 0.133. The van der Waals surface area contributed by atoms with E-state index in [4.69, 9.17) is 11.6 Å². The van der Waals surface area contributed by atoms with E-state index in [2.05, 4.69) is 0 Å². The van der Waals surface area contributed by atoms with Crippen molar-refractivity contribution >= 4 is 23.5 Å². The highest BCUT2D eigenvalue weighted by atomic mass is 35.5. The van der Waals surface area contributed by atoms with Gasteiger partial charge >= 0.3 is 0 Å². The number of aryl methyl sites for hydroxylation is 1. The number of halogens is 1. The van der Waals surface area contributed by atoms with Gasteiger partial charge in [0, 0.05) is 22.2 Å². The minimum atomic E-state index is 0.650. The quantitative estimate of drug-likeness (QED) is 0.343. The monoisotopic (exact) mass is 259 g/mol. The summed E-state index contributed by atoms with van der Waals surface area (Å²) >= 11 is 6.03. The Morgan fingerprint density at radius 1 is 1.06 bits per heavy atom. The Kier molecular flexibility index (Phi) is 3.68. The van der Waals surface area contributed by atoms with Crippen LogP contribution in [0.3, 0.4) is 0 Å². The molecule has 0 aromatic heterocycles. The first-order valence-electron chi connectivity index (χ1n) is 5.71. The van der Waals surface area contributed by atoms with Gasteiger partial charge in [0.15, 0.2) is 6.21 Å². The zero-order valence-electron chi connectivity index (χ0n) is 10.4. The highest BCUT2D eigenvalue weighted by Crippen LogP contribution is 2.20. The molecule has 0 unspecified atom stereocenters.